The summed E-state index contributed by atoms with van der Waals surface area (Å²) in [6, 6.07) is 19.1. The SMILES string of the molecule is Cc1ccccc1O[C@@H]1C(=O)N(Cc2ccc3c(c2)OCO3)[C@@H]1c1ccc(F)cc1. The number of hydrogen-bond acceptors (Lipinski definition) is 4. The third kappa shape index (κ3) is 3.24. The predicted octanol–water partition coefficient (Wildman–Crippen LogP) is 4.39. The molecule has 2 aliphatic rings. The highest BCUT2D eigenvalue weighted by molar-refractivity contribution is 5.89. The normalized spacial score (nSPS) is 19.5. The molecule has 0 radical (unpaired) electrons. The lowest BCUT2D eigenvalue weighted by Crippen LogP contribution is -2.60. The fraction of sp³-hybridized carbons (Fsp3) is 0.208. The highest BCUT2D eigenvalue weighted by Crippen LogP contribution is 2.40. The van der Waals surface area contributed by atoms with E-state index < -0.39 is 6.10 Å². The van der Waals surface area contributed by atoms with Crippen LogP contribution >= 0.6 is 0 Å². The van der Waals surface area contributed by atoms with Gasteiger partial charge in [-0.1, -0.05) is 36.4 Å². The summed E-state index contributed by atoms with van der Waals surface area (Å²) >= 11 is 0. The Morgan fingerprint density at radius 2 is 1.80 bits per heavy atom. The summed E-state index contributed by atoms with van der Waals surface area (Å²) in [5, 5.41) is 0. The van der Waals surface area contributed by atoms with Crippen LogP contribution in [0.15, 0.2) is 66.7 Å². The van der Waals surface area contributed by atoms with E-state index in [0.29, 0.717) is 23.8 Å². The second-order valence-electron chi connectivity index (χ2n) is 7.45. The Balaban J connectivity index is 1.43. The summed E-state index contributed by atoms with van der Waals surface area (Å²) in [6.07, 6.45) is -0.662. The van der Waals surface area contributed by atoms with Crippen LogP contribution in [0, 0.1) is 12.7 Å². The molecule has 2 heterocycles. The molecule has 5 nitrogen and oxygen atoms in total. The van der Waals surface area contributed by atoms with Gasteiger partial charge in [0.25, 0.3) is 5.91 Å². The molecule has 30 heavy (non-hydrogen) atoms. The van der Waals surface area contributed by atoms with Crippen molar-refractivity contribution in [3.05, 3.63) is 89.2 Å². The topological polar surface area (TPSA) is 48.0 Å². The van der Waals surface area contributed by atoms with Crippen molar-refractivity contribution >= 4 is 5.91 Å². The molecule has 0 saturated carbocycles. The number of benzene rings is 3. The van der Waals surface area contributed by atoms with Gasteiger partial charge in [-0.25, -0.2) is 4.39 Å². The largest absolute Gasteiger partial charge is 0.478 e. The number of fused-ring (bicyclic) bond motifs is 1. The molecule has 0 N–H and O–H groups in total. The molecule has 1 amide bonds. The van der Waals surface area contributed by atoms with Gasteiger partial charge in [-0.05, 0) is 53.9 Å². The van der Waals surface area contributed by atoms with E-state index in [1.807, 2.05) is 49.4 Å². The van der Waals surface area contributed by atoms with Crippen LogP contribution in [0.4, 0.5) is 4.39 Å². The van der Waals surface area contributed by atoms with Crippen LogP contribution in [0.2, 0.25) is 0 Å². The number of nitrogens with zero attached hydrogens (tertiary/aromatic N) is 1. The average Bonchev–Trinajstić information content (AvgIpc) is 3.22. The highest BCUT2D eigenvalue weighted by atomic mass is 19.1. The lowest BCUT2D eigenvalue weighted by Gasteiger charge is -2.47. The minimum absolute atomic E-state index is 0.106. The first kappa shape index (κ1) is 18.5. The van der Waals surface area contributed by atoms with E-state index in [4.69, 9.17) is 14.2 Å². The minimum atomic E-state index is -0.662. The zero-order valence-corrected chi connectivity index (χ0v) is 16.4. The summed E-state index contributed by atoms with van der Waals surface area (Å²) in [7, 11) is 0. The first-order valence-electron chi connectivity index (χ1n) is 9.77. The molecule has 152 valence electrons. The van der Waals surface area contributed by atoms with E-state index >= 15 is 0 Å². The smallest absolute Gasteiger partial charge is 0.267 e. The molecule has 3 aromatic rings. The predicted molar refractivity (Wildman–Crippen MR) is 108 cm³/mol. The van der Waals surface area contributed by atoms with Gasteiger partial charge in [0.2, 0.25) is 12.9 Å². The van der Waals surface area contributed by atoms with E-state index in [-0.39, 0.29) is 24.6 Å². The molecule has 0 aliphatic carbocycles. The third-order valence-electron chi connectivity index (χ3n) is 5.50. The minimum Gasteiger partial charge on any atom is -0.478 e. The highest BCUT2D eigenvalue weighted by Gasteiger charge is 2.50. The number of ether oxygens (including phenoxy) is 3. The van der Waals surface area contributed by atoms with E-state index in [0.717, 1.165) is 16.7 Å². The number of carbonyl (C=O) groups excluding carboxylic acids is 1. The first-order chi connectivity index (χ1) is 14.6. The summed E-state index contributed by atoms with van der Waals surface area (Å²) < 4.78 is 30.4. The van der Waals surface area contributed by atoms with Gasteiger partial charge in [0.15, 0.2) is 11.5 Å². The molecule has 2 atom stereocenters. The Morgan fingerprint density at radius 3 is 2.60 bits per heavy atom. The summed E-state index contributed by atoms with van der Waals surface area (Å²) in [6.45, 7) is 2.53. The number of amides is 1. The lowest BCUT2D eigenvalue weighted by atomic mass is 9.89. The second kappa shape index (κ2) is 7.37. The van der Waals surface area contributed by atoms with Crippen molar-refractivity contribution in [1.29, 1.82) is 0 Å². The molecule has 1 saturated heterocycles. The number of aryl methyl sites for hydroxylation is 1. The maximum Gasteiger partial charge on any atom is 0.267 e. The van der Waals surface area contributed by atoms with Crippen LogP contribution in [0.1, 0.15) is 22.7 Å². The van der Waals surface area contributed by atoms with E-state index in [2.05, 4.69) is 0 Å². The van der Waals surface area contributed by atoms with Crippen LogP contribution in [0.25, 0.3) is 0 Å². The summed E-state index contributed by atoms with van der Waals surface area (Å²) in [4.78, 5) is 14.8. The van der Waals surface area contributed by atoms with Crippen molar-refractivity contribution in [3.8, 4) is 17.2 Å². The fourth-order valence-electron chi connectivity index (χ4n) is 3.88. The van der Waals surface area contributed by atoms with Crippen molar-refractivity contribution in [2.24, 2.45) is 0 Å². The number of halogens is 1. The van der Waals surface area contributed by atoms with Crippen LogP contribution in [-0.2, 0) is 11.3 Å². The molecule has 6 heteroatoms. The molecule has 3 aromatic carbocycles. The quantitative estimate of drug-likeness (QED) is 0.591. The van der Waals surface area contributed by atoms with Gasteiger partial charge in [0, 0.05) is 6.54 Å². The molecule has 0 spiro atoms. The van der Waals surface area contributed by atoms with Gasteiger partial charge in [-0.2, -0.15) is 0 Å². The van der Waals surface area contributed by atoms with Crippen molar-refractivity contribution in [2.45, 2.75) is 25.6 Å². The molecule has 5 rings (SSSR count). The van der Waals surface area contributed by atoms with Gasteiger partial charge in [0.05, 0.1) is 0 Å². The molecule has 0 aromatic heterocycles. The van der Waals surface area contributed by atoms with Crippen LogP contribution < -0.4 is 14.2 Å². The molecule has 0 bridgehead atoms. The Labute approximate surface area is 173 Å². The lowest BCUT2D eigenvalue weighted by molar-refractivity contribution is -0.165. The molecular weight excluding hydrogens is 385 g/mol. The van der Waals surface area contributed by atoms with Crippen molar-refractivity contribution < 1.29 is 23.4 Å². The molecular formula is C24H20FNO4. The van der Waals surface area contributed by atoms with Crippen LogP contribution in [0.5, 0.6) is 17.2 Å². The molecule has 1 fully saturated rings. The molecule has 0 unspecified atom stereocenters. The third-order valence-corrected chi connectivity index (χ3v) is 5.50. The fourth-order valence-corrected chi connectivity index (χ4v) is 3.88. The zero-order chi connectivity index (χ0) is 20.7. The van der Waals surface area contributed by atoms with Gasteiger partial charge in [-0.15, -0.1) is 0 Å². The number of likely N-dealkylation sites (tertiary alicyclic amines) is 1. The van der Waals surface area contributed by atoms with Gasteiger partial charge in [0.1, 0.15) is 17.6 Å². The summed E-state index contributed by atoms with van der Waals surface area (Å²) in [5.41, 5.74) is 2.71. The summed E-state index contributed by atoms with van der Waals surface area (Å²) in [5.74, 6) is 1.62. The Morgan fingerprint density at radius 1 is 1.03 bits per heavy atom. The van der Waals surface area contributed by atoms with Gasteiger partial charge < -0.3 is 19.1 Å². The van der Waals surface area contributed by atoms with E-state index in [1.165, 1.54) is 12.1 Å². The zero-order valence-electron chi connectivity index (χ0n) is 16.4. The maximum absolute atomic E-state index is 13.5. The Hall–Kier alpha value is -3.54. The van der Waals surface area contributed by atoms with Crippen LogP contribution in [0.3, 0.4) is 0 Å². The number of rotatable bonds is 5. The number of para-hydroxylation sites is 1. The number of β-lactam (4-membered cyclic amide) rings is 1. The maximum atomic E-state index is 13.5. The Bertz CT molecular complexity index is 1100. The monoisotopic (exact) mass is 405 g/mol. The standard InChI is InChI=1S/C24H20FNO4/c1-15-4-2-3-5-19(15)30-23-22(17-7-9-18(25)10-8-17)26(24(23)27)13-16-6-11-20-21(12-16)29-14-28-20/h2-12,22-23H,13-14H2,1H3/t22-,23+/m1/s1. The van der Waals surface area contributed by atoms with Crippen LogP contribution in [-0.4, -0.2) is 23.7 Å². The van der Waals surface area contributed by atoms with Crippen molar-refractivity contribution in [2.75, 3.05) is 6.79 Å². The molecule has 2 aliphatic heterocycles. The van der Waals surface area contributed by atoms with Gasteiger partial charge in [-0.3, -0.25) is 4.79 Å². The first-order valence-corrected chi connectivity index (χ1v) is 9.77. The van der Waals surface area contributed by atoms with Crippen molar-refractivity contribution in [3.63, 3.8) is 0 Å². The van der Waals surface area contributed by atoms with E-state index in [9.17, 15) is 9.18 Å². The second-order valence-corrected chi connectivity index (χ2v) is 7.45. The number of hydrogen-bond donors (Lipinski definition) is 0. The van der Waals surface area contributed by atoms with Gasteiger partial charge >= 0.3 is 0 Å². The average molecular weight is 405 g/mol. The number of carbonyl (C=O) groups is 1. The Kier molecular flexibility index (Phi) is 4.54. The van der Waals surface area contributed by atoms with E-state index in [1.54, 1.807) is 17.0 Å². The van der Waals surface area contributed by atoms with Crippen molar-refractivity contribution in [1.82, 2.24) is 4.90 Å².